The number of oxazole rings is 1. The van der Waals surface area contributed by atoms with Crippen LogP contribution in [0.2, 0.25) is 0 Å². The van der Waals surface area contributed by atoms with Crippen LogP contribution < -0.4 is 5.32 Å². The van der Waals surface area contributed by atoms with Crippen molar-refractivity contribution < 1.29 is 14.3 Å². The molecule has 2 N–H and O–H groups in total. The second kappa shape index (κ2) is 5.50. The van der Waals surface area contributed by atoms with Crippen LogP contribution in [-0.2, 0) is 17.8 Å². The second-order valence-corrected chi connectivity index (χ2v) is 3.45. The Balaban J connectivity index is 2.33. The van der Waals surface area contributed by atoms with Gasteiger partial charge >= 0.3 is 5.97 Å². The average molecular weight is 212 g/mol. The molecule has 0 saturated heterocycles. The predicted molar refractivity (Wildman–Crippen MR) is 54.4 cm³/mol. The normalized spacial score (nSPS) is 12.7. The monoisotopic (exact) mass is 212 g/mol. The van der Waals surface area contributed by atoms with Gasteiger partial charge in [0.1, 0.15) is 5.76 Å². The number of aliphatic carboxylic acids is 1. The topological polar surface area (TPSA) is 75.4 Å². The molecule has 1 heterocycles. The Morgan fingerprint density at radius 2 is 2.47 bits per heavy atom. The SMILES string of the molecule is CCc1cnc(CNC(C)CC(=O)O)o1. The van der Waals surface area contributed by atoms with E-state index in [4.69, 9.17) is 9.52 Å². The smallest absolute Gasteiger partial charge is 0.304 e. The lowest BCUT2D eigenvalue weighted by Crippen LogP contribution is -2.28. The molecule has 1 rings (SSSR count). The van der Waals surface area contributed by atoms with E-state index in [-0.39, 0.29) is 12.5 Å². The van der Waals surface area contributed by atoms with Gasteiger partial charge in [0, 0.05) is 12.5 Å². The molecule has 1 atom stereocenters. The number of carboxylic acids is 1. The van der Waals surface area contributed by atoms with Gasteiger partial charge in [0.15, 0.2) is 0 Å². The molecular weight excluding hydrogens is 196 g/mol. The minimum absolute atomic E-state index is 0.0838. The molecule has 1 unspecified atom stereocenters. The highest BCUT2D eigenvalue weighted by atomic mass is 16.4. The molecule has 0 saturated carbocycles. The summed E-state index contributed by atoms with van der Waals surface area (Å²) in [5.74, 6) is 0.637. The standard InChI is InChI=1S/C10H16N2O3/c1-3-8-5-12-9(15-8)6-11-7(2)4-10(13)14/h5,7,11H,3-4,6H2,1-2H3,(H,13,14). The van der Waals surface area contributed by atoms with Gasteiger partial charge in [0.2, 0.25) is 5.89 Å². The summed E-state index contributed by atoms with van der Waals surface area (Å²) >= 11 is 0. The van der Waals surface area contributed by atoms with Crippen molar-refractivity contribution in [3.05, 3.63) is 17.8 Å². The maximum atomic E-state index is 10.4. The first-order valence-electron chi connectivity index (χ1n) is 5.00. The number of hydrogen-bond donors (Lipinski definition) is 2. The Morgan fingerprint density at radius 1 is 1.73 bits per heavy atom. The summed E-state index contributed by atoms with van der Waals surface area (Å²) in [6, 6.07) is -0.0838. The second-order valence-electron chi connectivity index (χ2n) is 3.45. The molecular formula is C10H16N2O3. The molecule has 0 amide bonds. The first-order valence-corrected chi connectivity index (χ1v) is 5.00. The number of aryl methyl sites for hydroxylation is 1. The summed E-state index contributed by atoms with van der Waals surface area (Å²) in [5.41, 5.74) is 0. The van der Waals surface area contributed by atoms with Crippen LogP contribution in [0.4, 0.5) is 0 Å². The maximum Gasteiger partial charge on any atom is 0.304 e. The van der Waals surface area contributed by atoms with Crippen LogP contribution in [0.1, 0.15) is 31.9 Å². The van der Waals surface area contributed by atoms with Crippen LogP contribution in [0.15, 0.2) is 10.6 Å². The zero-order valence-corrected chi connectivity index (χ0v) is 8.99. The van der Waals surface area contributed by atoms with E-state index in [0.29, 0.717) is 12.4 Å². The molecule has 0 bridgehead atoms. The molecule has 0 radical (unpaired) electrons. The van der Waals surface area contributed by atoms with Gasteiger partial charge < -0.3 is 14.8 Å². The highest BCUT2D eigenvalue weighted by Gasteiger charge is 2.08. The summed E-state index contributed by atoms with van der Waals surface area (Å²) in [6.07, 6.45) is 2.61. The van der Waals surface area contributed by atoms with Crippen molar-refractivity contribution in [1.82, 2.24) is 10.3 Å². The quantitative estimate of drug-likeness (QED) is 0.740. The van der Waals surface area contributed by atoms with E-state index in [1.807, 2.05) is 13.8 Å². The van der Waals surface area contributed by atoms with Crippen LogP contribution in [-0.4, -0.2) is 22.1 Å². The molecule has 0 aliphatic rings. The summed E-state index contributed by atoms with van der Waals surface area (Å²) in [5, 5.41) is 11.6. The van der Waals surface area contributed by atoms with E-state index < -0.39 is 5.97 Å². The molecule has 0 aliphatic heterocycles. The number of hydrogen-bond acceptors (Lipinski definition) is 4. The van der Waals surface area contributed by atoms with Crippen molar-refractivity contribution >= 4 is 5.97 Å². The third kappa shape index (κ3) is 4.12. The van der Waals surface area contributed by atoms with E-state index in [1.54, 1.807) is 6.20 Å². The largest absolute Gasteiger partial charge is 0.481 e. The molecule has 0 aliphatic carbocycles. The van der Waals surface area contributed by atoms with Crippen molar-refractivity contribution in [3.8, 4) is 0 Å². The molecule has 0 spiro atoms. The number of nitrogens with zero attached hydrogens (tertiary/aromatic N) is 1. The lowest BCUT2D eigenvalue weighted by atomic mass is 10.2. The Kier molecular flexibility index (Phi) is 4.30. The fourth-order valence-electron chi connectivity index (χ4n) is 1.19. The maximum absolute atomic E-state index is 10.4. The molecule has 84 valence electrons. The first kappa shape index (κ1) is 11.7. The van der Waals surface area contributed by atoms with Crippen molar-refractivity contribution in [2.75, 3.05) is 0 Å². The average Bonchev–Trinajstić information content (AvgIpc) is 2.61. The number of carboxylic acid groups (broad SMARTS) is 1. The van der Waals surface area contributed by atoms with Crippen molar-refractivity contribution in [2.45, 2.75) is 39.3 Å². The van der Waals surface area contributed by atoms with Crippen LogP contribution in [0, 0.1) is 0 Å². The molecule has 1 aromatic heterocycles. The van der Waals surface area contributed by atoms with Gasteiger partial charge in [-0.25, -0.2) is 4.98 Å². The highest BCUT2D eigenvalue weighted by Crippen LogP contribution is 2.04. The van der Waals surface area contributed by atoms with Gasteiger partial charge in [0.05, 0.1) is 19.2 Å². The fourth-order valence-corrected chi connectivity index (χ4v) is 1.19. The zero-order valence-electron chi connectivity index (χ0n) is 8.99. The molecule has 0 fully saturated rings. The van der Waals surface area contributed by atoms with Gasteiger partial charge in [-0.1, -0.05) is 6.92 Å². The summed E-state index contributed by atoms with van der Waals surface area (Å²) in [7, 11) is 0. The van der Waals surface area contributed by atoms with Crippen LogP contribution >= 0.6 is 0 Å². The van der Waals surface area contributed by atoms with Gasteiger partial charge in [-0.05, 0) is 6.92 Å². The van der Waals surface area contributed by atoms with Crippen LogP contribution in [0.3, 0.4) is 0 Å². The van der Waals surface area contributed by atoms with E-state index in [1.165, 1.54) is 0 Å². The summed E-state index contributed by atoms with van der Waals surface area (Å²) < 4.78 is 5.37. The lowest BCUT2D eigenvalue weighted by Gasteiger charge is -2.08. The van der Waals surface area contributed by atoms with Crippen molar-refractivity contribution in [3.63, 3.8) is 0 Å². The lowest BCUT2D eigenvalue weighted by molar-refractivity contribution is -0.137. The van der Waals surface area contributed by atoms with E-state index >= 15 is 0 Å². The van der Waals surface area contributed by atoms with Gasteiger partial charge in [0.25, 0.3) is 0 Å². The van der Waals surface area contributed by atoms with Gasteiger partial charge in [-0.15, -0.1) is 0 Å². The molecule has 15 heavy (non-hydrogen) atoms. The van der Waals surface area contributed by atoms with Crippen LogP contribution in [0.5, 0.6) is 0 Å². The van der Waals surface area contributed by atoms with E-state index in [9.17, 15) is 4.79 Å². The Labute approximate surface area is 88.5 Å². The molecule has 1 aromatic rings. The Morgan fingerprint density at radius 3 is 3.00 bits per heavy atom. The number of carbonyl (C=O) groups is 1. The number of rotatable bonds is 6. The van der Waals surface area contributed by atoms with E-state index in [2.05, 4.69) is 10.3 Å². The Hall–Kier alpha value is -1.36. The predicted octanol–water partition coefficient (Wildman–Crippen LogP) is 1.19. The van der Waals surface area contributed by atoms with Gasteiger partial charge in [-0.2, -0.15) is 0 Å². The molecule has 5 heteroatoms. The third-order valence-electron chi connectivity index (χ3n) is 2.03. The molecule has 0 aromatic carbocycles. The van der Waals surface area contributed by atoms with Crippen LogP contribution in [0.25, 0.3) is 0 Å². The number of aromatic nitrogens is 1. The minimum Gasteiger partial charge on any atom is -0.481 e. The fraction of sp³-hybridized carbons (Fsp3) is 0.600. The molecule has 5 nitrogen and oxygen atoms in total. The van der Waals surface area contributed by atoms with Crippen molar-refractivity contribution in [2.24, 2.45) is 0 Å². The minimum atomic E-state index is -0.809. The number of nitrogens with one attached hydrogen (secondary N) is 1. The van der Waals surface area contributed by atoms with E-state index in [0.717, 1.165) is 12.2 Å². The van der Waals surface area contributed by atoms with Crippen molar-refractivity contribution in [1.29, 1.82) is 0 Å². The summed E-state index contributed by atoms with van der Waals surface area (Å²) in [6.45, 7) is 4.27. The zero-order chi connectivity index (χ0) is 11.3. The first-order chi connectivity index (χ1) is 7.11. The highest BCUT2D eigenvalue weighted by molar-refractivity contribution is 5.67. The summed E-state index contributed by atoms with van der Waals surface area (Å²) in [4.78, 5) is 14.5. The Bertz CT molecular complexity index is 322. The van der Waals surface area contributed by atoms with Gasteiger partial charge in [-0.3, -0.25) is 4.79 Å². The third-order valence-corrected chi connectivity index (χ3v) is 2.03.